The molecule has 1 saturated carbocycles. The molecule has 1 aliphatic carbocycles. The SMILES string of the molecule is O=c1[nH]c2cc3c(cc2nc1Cc1ccccc1)N1CCc2cccc(c21)C1(CCCC1)N3. The van der Waals surface area contributed by atoms with Gasteiger partial charge in [0.15, 0.2) is 0 Å². The second kappa shape index (κ2) is 6.95. The average molecular weight is 435 g/mol. The first-order chi connectivity index (χ1) is 16.2. The lowest BCUT2D eigenvalue weighted by Gasteiger charge is -2.32. The maximum atomic E-state index is 12.9. The van der Waals surface area contributed by atoms with Crippen molar-refractivity contribution in [2.24, 2.45) is 0 Å². The van der Waals surface area contributed by atoms with Gasteiger partial charge in [0.05, 0.1) is 33.6 Å². The molecule has 3 heterocycles. The summed E-state index contributed by atoms with van der Waals surface area (Å²) in [5.74, 6) is 0. The molecule has 1 fully saturated rings. The molecule has 0 unspecified atom stereocenters. The minimum Gasteiger partial charge on any atom is -0.374 e. The highest BCUT2D eigenvalue weighted by molar-refractivity contribution is 5.93. The van der Waals surface area contributed by atoms with Gasteiger partial charge < -0.3 is 15.2 Å². The van der Waals surface area contributed by atoms with Crippen LogP contribution in [0.25, 0.3) is 11.0 Å². The Labute approximate surface area is 192 Å². The minimum atomic E-state index is -0.109. The molecule has 0 amide bonds. The second-order valence-electron chi connectivity index (χ2n) is 9.69. The molecule has 0 radical (unpaired) electrons. The summed E-state index contributed by atoms with van der Waals surface area (Å²) < 4.78 is 0. The van der Waals surface area contributed by atoms with Gasteiger partial charge in [-0.15, -0.1) is 0 Å². The number of nitrogens with zero attached hydrogens (tertiary/aromatic N) is 2. The van der Waals surface area contributed by atoms with E-state index in [4.69, 9.17) is 4.98 Å². The number of hydrogen-bond acceptors (Lipinski definition) is 4. The van der Waals surface area contributed by atoms with E-state index in [2.05, 4.69) is 45.5 Å². The van der Waals surface area contributed by atoms with Gasteiger partial charge in [-0.1, -0.05) is 61.4 Å². The predicted octanol–water partition coefficient (Wildman–Crippen LogP) is 5.40. The molecule has 3 aromatic carbocycles. The number of nitrogens with one attached hydrogen (secondary N) is 2. The van der Waals surface area contributed by atoms with Gasteiger partial charge >= 0.3 is 0 Å². The van der Waals surface area contributed by atoms with E-state index >= 15 is 0 Å². The third kappa shape index (κ3) is 2.85. The van der Waals surface area contributed by atoms with Gasteiger partial charge in [0.2, 0.25) is 0 Å². The number of aromatic nitrogens is 2. The Hall–Kier alpha value is -3.60. The van der Waals surface area contributed by atoms with E-state index in [0.717, 1.165) is 48.1 Å². The summed E-state index contributed by atoms with van der Waals surface area (Å²) in [4.78, 5) is 23.3. The molecule has 1 spiro atoms. The van der Waals surface area contributed by atoms with Crippen LogP contribution in [0.3, 0.4) is 0 Å². The zero-order valence-electron chi connectivity index (χ0n) is 18.5. The molecule has 164 valence electrons. The fourth-order valence-corrected chi connectivity index (χ4v) is 6.17. The van der Waals surface area contributed by atoms with Crippen molar-refractivity contribution in [1.82, 2.24) is 9.97 Å². The molecule has 5 heteroatoms. The summed E-state index contributed by atoms with van der Waals surface area (Å²) in [6.45, 7) is 0.975. The van der Waals surface area contributed by atoms with E-state index in [-0.39, 0.29) is 11.1 Å². The normalized spacial score (nSPS) is 17.6. The van der Waals surface area contributed by atoms with Crippen LogP contribution in [0.15, 0.2) is 65.5 Å². The maximum absolute atomic E-state index is 12.9. The fraction of sp³-hybridized carbons (Fsp3) is 0.286. The molecule has 7 rings (SSSR count). The molecular weight excluding hydrogens is 408 g/mol. The molecule has 0 bridgehead atoms. The molecule has 0 saturated heterocycles. The number of anilines is 3. The van der Waals surface area contributed by atoms with E-state index in [0.29, 0.717) is 12.1 Å². The van der Waals surface area contributed by atoms with Crippen molar-refractivity contribution >= 4 is 28.1 Å². The number of rotatable bonds is 2. The highest BCUT2D eigenvalue weighted by Gasteiger charge is 2.43. The number of hydrogen-bond donors (Lipinski definition) is 2. The number of para-hydroxylation sites is 1. The van der Waals surface area contributed by atoms with E-state index < -0.39 is 0 Å². The minimum absolute atomic E-state index is 0.0339. The van der Waals surface area contributed by atoms with Crippen LogP contribution in [-0.4, -0.2) is 16.5 Å². The molecule has 3 aliphatic rings. The highest BCUT2D eigenvalue weighted by atomic mass is 16.1. The lowest BCUT2D eigenvalue weighted by molar-refractivity contribution is 0.512. The summed E-state index contributed by atoms with van der Waals surface area (Å²) in [6, 6.07) is 21.2. The van der Waals surface area contributed by atoms with Crippen molar-refractivity contribution in [3.8, 4) is 0 Å². The Morgan fingerprint density at radius 3 is 2.70 bits per heavy atom. The Morgan fingerprint density at radius 2 is 1.85 bits per heavy atom. The molecule has 4 aromatic rings. The van der Waals surface area contributed by atoms with Gasteiger partial charge in [0, 0.05) is 18.5 Å². The number of benzene rings is 3. The summed E-state index contributed by atoms with van der Waals surface area (Å²) in [6.07, 6.45) is 6.34. The van der Waals surface area contributed by atoms with Crippen LogP contribution in [0.1, 0.15) is 48.1 Å². The Bertz CT molecular complexity index is 1450. The lowest BCUT2D eigenvalue weighted by atomic mass is 9.86. The molecule has 33 heavy (non-hydrogen) atoms. The van der Waals surface area contributed by atoms with Crippen LogP contribution in [0.4, 0.5) is 17.1 Å². The monoisotopic (exact) mass is 434 g/mol. The molecular formula is C28H26N4O. The van der Waals surface area contributed by atoms with Gasteiger partial charge in [-0.3, -0.25) is 4.79 Å². The third-order valence-corrected chi connectivity index (χ3v) is 7.73. The second-order valence-corrected chi connectivity index (χ2v) is 9.69. The summed E-state index contributed by atoms with van der Waals surface area (Å²) in [7, 11) is 0. The molecule has 1 aromatic heterocycles. The van der Waals surface area contributed by atoms with Crippen molar-refractivity contribution in [2.75, 3.05) is 16.8 Å². The zero-order valence-corrected chi connectivity index (χ0v) is 18.5. The van der Waals surface area contributed by atoms with Crippen LogP contribution >= 0.6 is 0 Å². The first-order valence-corrected chi connectivity index (χ1v) is 12.0. The lowest BCUT2D eigenvalue weighted by Crippen LogP contribution is -2.31. The van der Waals surface area contributed by atoms with E-state index in [1.807, 2.05) is 30.3 Å². The van der Waals surface area contributed by atoms with E-state index in [1.165, 1.54) is 35.3 Å². The summed E-state index contributed by atoms with van der Waals surface area (Å²) >= 11 is 0. The van der Waals surface area contributed by atoms with Gasteiger partial charge in [0.25, 0.3) is 5.56 Å². The van der Waals surface area contributed by atoms with E-state index in [1.54, 1.807) is 0 Å². The topological polar surface area (TPSA) is 61.0 Å². The van der Waals surface area contributed by atoms with Crippen LogP contribution in [-0.2, 0) is 18.4 Å². The average Bonchev–Trinajstić information content (AvgIpc) is 3.45. The first kappa shape index (κ1) is 18.9. The zero-order chi connectivity index (χ0) is 22.0. The smallest absolute Gasteiger partial charge is 0.270 e. The van der Waals surface area contributed by atoms with Crippen molar-refractivity contribution < 1.29 is 0 Å². The molecule has 2 aliphatic heterocycles. The number of aromatic amines is 1. The van der Waals surface area contributed by atoms with Crippen molar-refractivity contribution in [1.29, 1.82) is 0 Å². The maximum Gasteiger partial charge on any atom is 0.270 e. The quantitative estimate of drug-likeness (QED) is 0.443. The predicted molar refractivity (Wildman–Crippen MR) is 133 cm³/mol. The summed E-state index contributed by atoms with van der Waals surface area (Å²) in [5.41, 5.74) is 9.67. The fourth-order valence-electron chi connectivity index (χ4n) is 6.17. The molecule has 5 nitrogen and oxygen atoms in total. The van der Waals surface area contributed by atoms with Gasteiger partial charge in [-0.2, -0.15) is 0 Å². The largest absolute Gasteiger partial charge is 0.374 e. The molecule has 0 atom stereocenters. The standard InChI is InChI=1S/C28H26N4O/c33-27-24(15-18-7-2-1-3-8-18)29-22-17-25-23(16-21(22)30-27)31-28(12-4-5-13-28)20-10-6-9-19-11-14-32(25)26(19)20/h1-3,6-10,16-17,31H,4-5,11-15H2,(H,30,33). The van der Waals surface area contributed by atoms with Crippen LogP contribution < -0.4 is 15.8 Å². The Morgan fingerprint density at radius 1 is 1.00 bits per heavy atom. The highest BCUT2D eigenvalue weighted by Crippen LogP contribution is 2.53. The van der Waals surface area contributed by atoms with Crippen molar-refractivity contribution in [3.63, 3.8) is 0 Å². The Kier molecular flexibility index (Phi) is 3.98. The van der Waals surface area contributed by atoms with Gasteiger partial charge in [-0.25, -0.2) is 4.98 Å². The van der Waals surface area contributed by atoms with Crippen LogP contribution in [0.2, 0.25) is 0 Å². The van der Waals surface area contributed by atoms with Gasteiger partial charge in [-0.05, 0) is 42.5 Å². The van der Waals surface area contributed by atoms with Gasteiger partial charge in [0.1, 0.15) is 5.69 Å². The Balaban J connectivity index is 1.41. The summed E-state index contributed by atoms with van der Waals surface area (Å²) in [5, 5.41) is 3.96. The van der Waals surface area contributed by atoms with Crippen LogP contribution in [0, 0.1) is 0 Å². The van der Waals surface area contributed by atoms with E-state index in [9.17, 15) is 4.79 Å². The first-order valence-electron chi connectivity index (χ1n) is 12.0. The van der Waals surface area contributed by atoms with Crippen molar-refractivity contribution in [3.05, 3.63) is 93.4 Å². The molecule has 2 N–H and O–H groups in total. The third-order valence-electron chi connectivity index (χ3n) is 7.73. The van der Waals surface area contributed by atoms with Crippen molar-refractivity contribution in [2.45, 2.75) is 44.1 Å². The number of fused-ring (bicyclic) bond motifs is 4. The number of H-pyrrole nitrogens is 1. The van der Waals surface area contributed by atoms with Crippen LogP contribution in [0.5, 0.6) is 0 Å².